The molecule has 4 rings (SSSR count). The number of aryl methyl sites for hydroxylation is 1. The molecule has 0 aliphatic carbocycles. The van der Waals surface area contributed by atoms with Crippen LogP contribution in [0.2, 0.25) is 0 Å². The Bertz CT molecular complexity index is 1520. The minimum atomic E-state index is -0.515. The van der Waals surface area contributed by atoms with Gasteiger partial charge in [-0.15, -0.1) is 0 Å². The fourth-order valence-corrected chi connectivity index (χ4v) is 5.26. The van der Waals surface area contributed by atoms with E-state index in [1.54, 1.807) is 49.8 Å². The van der Waals surface area contributed by atoms with Gasteiger partial charge in [-0.25, -0.2) is 9.37 Å². The minimum Gasteiger partial charge on any atom is -0.384 e. The number of aromatic nitrogens is 2. The van der Waals surface area contributed by atoms with E-state index in [-0.39, 0.29) is 23.1 Å². The summed E-state index contributed by atoms with van der Waals surface area (Å²) in [5.41, 5.74) is 3.29. The van der Waals surface area contributed by atoms with Gasteiger partial charge in [-0.1, -0.05) is 32.0 Å². The number of allylic oxidation sites excluding steroid dienone is 1. The highest BCUT2D eigenvalue weighted by Gasteiger charge is 2.17. The van der Waals surface area contributed by atoms with Crippen molar-refractivity contribution in [3.63, 3.8) is 0 Å². The Morgan fingerprint density at radius 2 is 1.73 bits per heavy atom. The number of piperazine rings is 1. The summed E-state index contributed by atoms with van der Waals surface area (Å²) in [6.07, 6.45) is 6.59. The molecule has 1 amide bonds. The molecule has 3 aromatic rings. The van der Waals surface area contributed by atoms with E-state index in [2.05, 4.69) is 50.9 Å². The minimum absolute atomic E-state index is 0.0842. The molecule has 232 valence electrons. The second-order valence-electron chi connectivity index (χ2n) is 11.3. The maximum Gasteiger partial charge on any atom is 0.271 e. The Kier molecular flexibility index (Phi) is 11.3. The van der Waals surface area contributed by atoms with Crippen molar-refractivity contribution >= 4 is 30.1 Å². The van der Waals surface area contributed by atoms with Gasteiger partial charge >= 0.3 is 0 Å². The first-order valence-electron chi connectivity index (χ1n) is 14.9. The molecule has 0 saturated carbocycles. The Morgan fingerprint density at radius 1 is 1.00 bits per heavy atom. The van der Waals surface area contributed by atoms with E-state index in [1.165, 1.54) is 24.3 Å². The number of imidazole rings is 1. The number of ketones is 1. The van der Waals surface area contributed by atoms with Gasteiger partial charge in [-0.3, -0.25) is 14.4 Å². The van der Waals surface area contributed by atoms with Gasteiger partial charge in [0.2, 0.25) is 0 Å². The third kappa shape index (κ3) is 8.58. The number of nitrogens with zero attached hydrogens (tertiary/aromatic N) is 4. The average molecular weight is 601 g/mol. The van der Waals surface area contributed by atoms with Crippen molar-refractivity contribution in [2.24, 2.45) is 0 Å². The molecule has 0 bridgehead atoms. The number of likely N-dealkylation sites (N-methyl/N-ethyl adjacent to an activating group) is 2. The van der Waals surface area contributed by atoms with Crippen molar-refractivity contribution in [2.45, 2.75) is 32.7 Å². The lowest BCUT2D eigenvalue weighted by molar-refractivity contribution is -0.118. The molecule has 1 fully saturated rings. The largest absolute Gasteiger partial charge is 0.384 e. The van der Waals surface area contributed by atoms with Crippen LogP contribution in [0, 0.1) is 5.82 Å². The lowest BCUT2D eigenvalue weighted by Gasteiger charge is -2.32. The number of hydrogen-bond acceptors (Lipinski definition) is 7. The third-order valence-electron chi connectivity index (χ3n) is 7.68. The fourth-order valence-electron chi connectivity index (χ4n) is 5.26. The summed E-state index contributed by atoms with van der Waals surface area (Å²) < 4.78 is 15.4. The summed E-state index contributed by atoms with van der Waals surface area (Å²) in [7, 11) is 3.75. The van der Waals surface area contributed by atoms with Gasteiger partial charge < -0.3 is 25.0 Å². The maximum absolute atomic E-state index is 13.3. The molecule has 0 unspecified atom stereocenters. The molecular weight excluding hydrogens is 559 g/mol. The second kappa shape index (κ2) is 15.4. The normalized spacial score (nSPS) is 15.0. The number of benzene rings is 2. The van der Waals surface area contributed by atoms with E-state index < -0.39 is 11.7 Å². The molecule has 9 nitrogen and oxygen atoms in total. The van der Waals surface area contributed by atoms with Gasteiger partial charge in [0.25, 0.3) is 5.91 Å². The predicted molar refractivity (Wildman–Crippen MR) is 170 cm³/mol. The zero-order chi connectivity index (χ0) is 31.6. The summed E-state index contributed by atoms with van der Waals surface area (Å²) in [4.78, 5) is 47.5. The van der Waals surface area contributed by atoms with E-state index in [4.69, 9.17) is 0 Å². The maximum atomic E-state index is 13.3. The second-order valence-corrected chi connectivity index (χ2v) is 11.3. The summed E-state index contributed by atoms with van der Waals surface area (Å²) in [5, 5.41) is 5.55. The van der Waals surface area contributed by atoms with E-state index in [1.807, 2.05) is 0 Å². The molecule has 2 heterocycles. The van der Waals surface area contributed by atoms with Crippen molar-refractivity contribution in [3.8, 4) is 0 Å². The van der Waals surface area contributed by atoms with E-state index in [0.717, 1.165) is 51.4 Å². The van der Waals surface area contributed by atoms with Gasteiger partial charge in [-0.05, 0) is 74.0 Å². The standard InChI is InChI=1S/C34H41FN6O3/c1-24(2)32-30(37-23-41(32)14-6-13-40-17-15-39(4)16-18-40)21-29(22-42)38-34(44)31(36-3)20-25-7-5-8-27(19-25)33(43)26-9-11-28(35)12-10-26/h5,7-12,19-24,36H,6,13-18H2,1-4H3,(H,38,44)/b29-21-,31-20-. The van der Waals surface area contributed by atoms with E-state index in [9.17, 15) is 18.8 Å². The predicted octanol–water partition coefficient (Wildman–Crippen LogP) is 3.93. The highest BCUT2D eigenvalue weighted by molar-refractivity contribution is 6.09. The summed E-state index contributed by atoms with van der Waals surface area (Å²) in [6, 6.07) is 12.1. The molecule has 1 aliphatic heterocycles. The number of aldehydes is 1. The topological polar surface area (TPSA) is 99.6 Å². The molecule has 1 aromatic heterocycles. The van der Waals surface area contributed by atoms with Crippen LogP contribution in [0.1, 0.15) is 59.1 Å². The van der Waals surface area contributed by atoms with Crippen LogP contribution in [0.4, 0.5) is 4.39 Å². The van der Waals surface area contributed by atoms with Crippen LogP contribution >= 0.6 is 0 Å². The highest BCUT2D eigenvalue weighted by Crippen LogP contribution is 2.22. The van der Waals surface area contributed by atoms with Gasteiger partial charge in [0.1, 0.15) is 11.5 Å². The van der Waals surface area contributed by atoms with Crippen LogP contribution in [-0.4, -0.2) is 84.1 Å². The fraction of sp³-hybridized carbons (Fsp3) is 0.353. The summed E-state index contributed by atoms with van der Waals surface area (Å²) in [5.74, 6) is -1.04. The zero-order valence-corrected chi connectivity index (χ0v) is 25.8. The first-order valence-corrected chi connectivity index (χ1v) is 14.9. The number of amides is 1. The van der Waals surface area contributed by atoms with Crippen molar-refractivity contribution < 1.29 is 18.8 Å². The molecule has 2 N–H and O–H groups in total. The van der Waals surface area contributed by atoms with Gasteiger partial charge in [0, 0.05) is 56.6 Å². The molecule has 1 saturated heterocycles. The molecule has 10 heteroatoms. The van der Waals surface area contributed by atoms with Gasteiger partial charge in [0.05, 0.1) is 17.7 Å². The highest BCUT2D eigenvalue weighted by atomic mass is 19.1. The van der Waals surface area contributed by atoms with Crippen LogP contribution in [0.15, 0.2) is 66.3 Å². The van der Waals surface area contributed by atoms with Crippen LogP contribution < -0.4 is 10.6 Å². The molecule has 2 aromatic carbocycles. The Labute approximate surface area is 258 Å². The Hall–Kier alpha value is -4.41. The van der Waals surface area contributed by atoms with Crippen LogP contribution in [0.3, 0.4) is 0 Å². The molecule has 0 spiro atoms. The Balaban J connectivity index is 1.45. The number of carbonyl (C=O) groups is 3. The number of hydrogen-bond donors (Lipinski definition) is 2. The van der Waals surface area contributed by atoms with Crippen LogP contribution in [0.25, 0.3) is 12.2 Å². The lowest BCUT2D eigenvalue weighted by Crippen LogP contribution is -2.44. The van der Waals surface area contributed by atoms with Crippen molar-refractivity contribution in [3.05, 3.63) is 100 Å². The zero-order valence-electron chi connectivity index (χ0n) is 25.8. The monoisotopic (exact) mass is 600 g/mol. The summed E-state index contributed by atoms with van der Waals surface area (Å²) in [6.45, 7) is 10.3. The number of halogens is 1. The van der Waals surface area contributed by atoms with E-state index >= 15 is 0 Å². The lowest BCUT2D eigenvalue weighted by atomic mass is 10.0. The first kappa shape index (κ1) is 32.5. The van der Waals surface area contributed by atoms with Crippen LogP contribution in [0.5, 0.6) is 0 Å². The molecule has 0 radical (unpaired) electrons. The number of nitrogens with one attached hydrogen (secondary N) is 2. The summed E-state index contributed by atoms with van der Waals surface area (Å²) >= 11 is 0. The van der Waals surface area contributed by atoms with Crippen molar-refractivity contribution in [2.75, 3.05) is 46.8 Å². The third-order valence-corrected chi connectivity index (χ3v) is 7.68. The van der Waals surface area contributed by atoms with Gasteiger partial charge in [0.15, 0.2) is 12.1 Å². The molecule has 0 atom stereocenters. The quantitative estimate of drug-likeness (QED) is 0.174. The molecule has 44 heavy (non-hydrogen) atoms. The number of carbonyl (C=O) groups excluding carboxylic acids is 3. The average Bonchev–Trinajstić information content (AvgIpc) is 3.43. The van der Waals surface area contributed by atoms with Crippen molar-refractivity contribution in [1.82, 2.24) is 30.0 Å². The molecule has 1 aliphatic rings. The van der Waals surface area contributed by atoms with Crippen LogP contribution in [-0.2, 0) is 16.1 Å². The molecular formula is C34H41FN6O3. The number of rotatable bonds is 13. The van der Waals surface area contributed by atoms with Gasteiger partial charge in [-0.2, -0.15) is 0 Å². The Morgan fingerprint density at radius 3 is 2.39 bits per heavy atom. The van der Waals surface area contributed by atoms with E-state index in [0.29, 0.717) is 28.7 Å². The van der Waals surface area contributed by atoms with Crippen molar-refractivity contribution in [1.29, 1.82) is 0 Å². The smallest absolute Gasteiger partial charge is 0.271 e. The first-order chi connectivity index (χ1) is 21.2. The SMILES string of the molecule is CN/C(=C\c1cccc(C(=O)c2ccc(F)cc2)c1)C(=O)N/C(C=O)=C\c1ncn(CCCN2CCN(C)CC2)c1C(C)C.